The number of carbonyl (C=O) groups is 1. The Kier molecular flexibility index (Phi) is 6.13. The molecule has 0 saturated carbocycles. The summed E-state index contributed by atoms with van der Waals surface area (Å²) in [6.45, 7) is 8.52. The number of hydrogen-bond donors (Lipinski definition) is 2. The van der Waals surface area contributed by atoms with Gasteiger partial charge in [-0.15, -0.1) is 0 Å². The highest BCUT2D eigenvalue weighted by molar-refractivity contribution is 6.32. The topological polar surface area (TPSA) is 74.7 Å². The minimum Gasteiger partial charge on any atom is -0.482 e. The van der Waals surface area contributed by atoms with Crippen molar-refractivity contribution in [2.45, 2.75) is 32.8 Å². The summed E-state index contributed by atoms with van der Waals surface area (Å²) in [5, 5.41) is 11.8. The Bertz CT molecular complexity index is 1090. The van der Waals surface area contributed by atoms with Gasteiger partial charge < -0.3 is 20.1 Å². The number of aliphatic hydroxyl groups is 1. The number of nitrogens with one attached hydrogen (secondary N) is 1. The van der Waals surface area contributed by atoms with Crippen LogP contribution in [0.3, 0.4) is 0 Å². The van der Waals surface area contributed by atoms with Gasteiger partial charge in [0.05, 0.1) is 17.9 Å². The van der Waals surface area contributed by atoms with Crippen molar-refractivity contribution < 1.29 is 19.0 Å². The lowest BCUT2D eigenvalue weighted by molar-refractivity contribution is -0.111. The van der Waals surface area contributed by atoms with Gasteiger partial charge in [0.2, 0.25) is 0 Å². The third-order valence-corrected chi connectivity index (χ3v) is 5.95. The fraction of sp³-hybridized carbons (Fsp3) is 0.360. The number of pyridine rings is 1. The molecule has 2 aliphatic heterocycles. The molecule has 0 bridgehead atoms. The molecule has 1 aromatic carbocycles. The first-order valence-corrected chi connectivity index (χ1v) is 10.9. The number of anilines is 1. The van der Waals surface area contributed by atoms with Gasteiger partial charge in [-0.1, -0.05) is 13.0 Å². The fourth-order valence-electron chi connectivity index (χ4n) is 4.18. The summed E-state index contributed by atoms with van der Waals surface area (Å²) in [5.41, 5.74) is 3.69. The van der Waals surface area contributed by atoms with Crippen LogP contribution in [-0.2, 0) is 16.0 Å². The van der Waals surface area contributed by atoms with Gasteiger partial charge in [-0.3, -0.25) is 9.78 Å². The van der Waals surface area contributed by atoms with Gasteiger partial charge in [0, 0.05) is 48.1 Å². The molecule has 2 N–H and O–H groups in total. The average molecular weight is 438 g/mol. The number of likely N-dealkylation sites (N-methyl/N-ethyl adjacent to an activating group) is 1. The first-order chi connectivity index (χ1) is 15.3. The minimum atomic E-state index is -0.644. The molecular formula is C25H28FN3O3. The molecule has 32 heavy (non-hydrogen) atoms. The zero-order valence-corrected chi connectivity index (χ0v) is 18.6. The molecule has 168 valence electrons. The molecule has 0 unspecified atom stereocenters. The Morgan fingerprint density at radius 1 is 1.22 bits per heavy atom. The summed E-state index contributed by atoms with van der Waals surface area (Å²) in [7, 11) is 0. The molecule has 0 atom stereocenters. The number of allylic oxidation sites excluding steroid dienone is 1. The smallest absolute Gasteiger partial charge is 0.260 e. The molecule has 0 radical (unpaired) electrons. The number of halogens is 1. The molecule has 0 saturated heterocycles. The normalized spacial score (nSPS) is 19.1. The van der Waals surface area contributed by atoms with Gasteiger partial charge in [0.25, 0.3) is 5.91 Å². The number of benzene rings is 1. The van der Waals surface area contributed by atoms with Crippen molar-refractivity contribution >= 4 is 22.7 Å². The second-order valence-electron chi connectivity index (χ2n) is 8.50. The molecular weight excluding hydrogens is 409 g/mol. The largest absolute Gasteiger partial charge is 0.482 e. The number of hydrogen-bond acceptors (Lipinski definition) is 5. The molecule has 0 aliphatic carbocycles. The Labute approximate surface area is 187 Å². The van der Waals surface area contributed by atoms with Crippen LogP contribution >= 0.6 is 0 Å². The van der Waals surface area contributed by atoms with Gasteiger partial charge in [0.1, 0.15) is 17.2 Å². The minimum absolute atomic E-state index is 0.152. The van der Waals surface area contributed by atoms with E-state index in [0.717, 1.165) is 36.3 Å². The maximum Gasteiger partial charge on any atom is 0.260 e. The predicted molar refractivity (Wildman–Crippen MR) is 122 cm³/mol. The molecule has 7 heteroatoms. The molecule has 0 spiro atoms. The van der Waals surface area contributed by atoms with Gasteiger partial charge in [0.15, 0.2) is 0 Å². The second kappa shape index (κ2) is 8.84. The van der Waals surface area contributed by atoms with Crippen LogP contribution in [0.1, 0.15) is 37.6 Å². The SMILES string of the molecule is CCN(CCO)CCc1ccc(C2=CC(=C3C(=O)Nc4cc(F)ccc43)OC2(C)C)cn1. The van der Waals surface area contributed by atoms with E-state index >= 15 is 0 Å². The number of fused-ring (bicyclic) bond motifs is 1. The number of rotatable bonds is 7. The van der Waals surface area contributed by atoms with E-state index in [1.54, 1.807) is 6.07 Å². The Morgan fingerprint density at radius 2 is 2.03 bits per heavy atom. The highest BCUT2D eigenvalue weighted by Crippen LogP contribution is 2.44. The molecule has 1 amide bonds. The lowest BCUT2D eigenvalue weighted by atomic mass is 9.93. The molecule has 3 heterocycles. The second-order valence-corrected chi connectivity index (χ2v) is 8.50. The lowest BCUT2D eigenvalue weighted by Crippen LogP contribution is -2.29. The van der Waals surface area contributed by atoms with Crippen molar-refractivity contribution in [1.29, 1.82) is 0 Å². The van der Waals surface area contributed by atoms with E-state index in [2.05, 4.69) is 22.1 Å². The summed E-state index contributed by atoms with van der Waals surface area (Å²) in [6, 6.07) is 8.28. The monoisotopic (exact) mass is 437 g/mol. The number of aliphatic hydroxyl groups excluding tert-OH is 1. The number of nitrogens with zero attached hydrogens (tertiary/aromatic N) is 2. The number of aromatic nitrogens is 1. The van der Waals surface area contributed by atoms with E-state index in [9.17, 15) is 9.18 Å². The van der Waals surface area contributed by atoms with E-state index < -0.39 is 11.4 Å². The molecule has 0 fully saturated rings. The van der Waals surface area contributed by atoms with Gasteiger partial charge in [-0.05, 0) is 50.7 Å². The number of amides is 1. The maximum absolute atomic E-state index is 13.6. The van der Waals surface area contributed by atoms with E-state index in [1.165, 1.54) is 12.1 Å². The third-order valence-electron chi connectivity index (χ3n) is 5.95. The summed E-state index contributed by atoms with van der Waals surface area (Å²) < 4.78 is 19.7. The highest BCUT2D eigenvalue weighted by atomic mass is 19.1. The average Bonchev–Trinajstić information content (AvgIpc) is 3.25. The number of carbonyl (C=O) groups excluding carboxylic acids is 1. The summed E-state index contributed by atoms with van der Waals surface area (Å²) >= 11 is 0. The zero-order chi connectivity index (χ0) is 22.9. The van der Waals surface area contributed by atoms with E-state index in [1.807, 2.05) is 38.3 Å². The molecule has 2 aliphatic rings. The summed E-state index contributed by atoms with van der Waals surface area (Å²) in [4.78, 5) is 19.4. The third kappa shape index (κ3) is 4.31. The quantitative estimate of drug-likeness (QED) is 0.647. The van der Waals surface area contributed by atoms with Crippen molar-refractivity contribution in [3.05, 3.63) is 71.0 Å². The first kappa shape index (κ1) is 22.2. The van der Waals surface area contributed by atoms with Crippen LogP contribution < -0.4 is 5.32 Å². The van der Waals surface area contributed by atoms with Gasteiger partial charge in [-0.25, -0.2) is 4.39 Å². The van der Waals surface area contributed by atoms with Crippen LogP contribution in [0.25, 0.3) is 11.1 Å². The maximum atomic E-state index is 13.6. The van der Waals surface area contributed by atoms with Crippen molar-refractivity contribution in [1.82, 2.24) is 9.88 Å². The van der Waals surface area contributed by atoms with Crippen LogP contribution in [0.5, 0.6) is 0 Å². The Hall–Kier alpha value is -3.03. The van der Waals surface area contributed by atoms with Crippen LogP contribution in [0, 0.1) is 5.82 Å². The van der Waals surface area contributed by atoms with Crippen molar-refractivity contribution in [3.63, 3.8) is 0 Å². The molecule has 2 aromatic rings. The van der Waals surface area contributed by atoms with Crippen molar-refractivity contribution in [2.24, 2.45) is 0 Å². The predicted octanol–water partition coefficient (Wildman–Crippen LogP) is 3.63. The molecule has 6 nitrogen and oxygen atoms in total. The van der Waals surface area contributed by atoms with Gasteiger partial charge in [-0.2, -0.15) is 0 Å². The fourth-order valence-corrected chi connectivity index (χ4v) is 4.18. The van der Waals surface area contributed by atoms with Crippen molar-refractivity contribution in [3.8, 4) is 0 Å². The number of ether oxygens (including phenoxy) is 1. The van der Waals surface area contributed by atoms with E-state index in [4.69, 9.17) is 9.84 Å². The molecule has 4 rings (SSSR count). The van der Waals surface area contributed by atoms with E-state index in [0.29, 0.717) is 29.1 Å². The zero-order valence-electron chi connectivity index (χ0n) is 18.6. The van der Waals surface area contributed by atoms with Crippen LogP contribution in [0.15, 0.2) is 48.4 Å². The van der Waals surface area contributed by atoms with E-state index in [-0.39, 0.29) is 12.5 Å². The van der Waals surface area contributed by atoms with Crippen LogP contribution in [0.2, 0.25) is 0 Å². The van der Waals surface area contributed by atoms with Crippen LogP contribution in [0.4, 0.5) is 10.1 Å². The molecule has 1 aromatic heterocycles. The summed E-state index contributed by atoms with van der Waals surface area (Å²) in [6.07, 6.45) is 4.51. The lowest BCUT2D eigenvalue weighted by Gasteiger charge is -2.23. The van der Waals surface area contributed by atoms with Crippen LogP contribution in [-0.4, -0.2) is 52.7 Å². The Balaban J connectivity index is 1.60. The van der Waals surface area contributed by atoms with Gasteiger partial charge >= 0.3 is 0 Å². The summed E-state index contributed by atoms with van der Waals surface area (Å²) in [5.74, 6) is -0.228. The first-order valence-electron chi connectivity index (χ1n) is 10.9. The highest BCUT2D eigenvalue weighted by Gasteiger charge is 2.38. The Morgan fingerprint density at radius 3 is 2.72 bits per heavy atom. The standard InChI is InChI=1S/C25H28FN3O3/c1-4-29(11-12-30)10-9-18-7-5-16(15-27-18)20-14-22(32-25(20,2)3)23-19-8-6-17(26)13-21(19)28-24(23)31/h5-8,13-15,30H,4,9-12H2,1-3H3,(H,28,31). The van der Waals surface area contributed by atoms with Crippen molar-refractivity contribution in [2.75, 3.05) is 31.6 Å².